The van der Waals surface area contributed by atoms with Crippen LogP contribution in [-0.2, 0) is 0 Å². The van der Waals surface area contributed by atoms with Gasteiger partial charge in [-0.2, -0.15) is 0 Å². The summed E-state index contributed by atoms with van der Waals surface area (Å²) in [5.74, 6) is 0.778. The highest BCUT2D eigenvalue weighted by Crippen LogP contribution is 2.24. The third-order valence-electron chi connectivity index (χ3n) is 1.80. The minimum Gasteiger partial charge on any atom is -0.0881 e. The molecule has 8 heavy (non-hydrogen) atoms. The standard InChI is InChI=1S/C8H12/c1-3-7(2)8-5-4-6-8/h3-5,8H,6H2,1-2H3. The first kappa shape index (κ1) is 5.61. The van der Waals surface area contributed by atoms with Gasteiger partial charge in [-0.1, -0.05) is 23.8 Å². The molecule has 0 amide bonds. The smallest absolute Gasteiger partial charge is 0.000836 e. The van der Waals surface area contributed by atoms with E-state index in [1.54, 1.807) is 0 Å². The van der Waals surface area contributed by atoms with Crippen LogP contribution in [0.25, 0.3) is 0 Å². The Morgan fingerprint density at radius 1 is 1.75 bits per heavy atom. The van der Waals surface area contributed by atoms with Crippen molar-refractivity contribution in [1.29, 1.82) is 0 Å². The molecule has 1 atom stereocenters. The Morgan fingerprint density at radius 2 is 2.38 bits per heavy atom. The van der Waals surface area contributed by atoms with Crippen LogP contribution in [0.1, 0.15) is 20.3 Å². The van der Waals surface area contributed by atoms with Gasteiger partial charge in [-0.25, -0.2) is 0 Å². The summed E-state index contributed by atoms with van der Waals surface area (Å²) in [4.78, 5) is 0. The Morgan fingerprint density at radius 3 is 2.50 bits per heavy atom. The second kappa shape index (κ2) is 2.17. The highest BCUT2D eigenvalue weighted by Gasteiger charge is 2.09. The summed E-state index contributed by atoms with van der Waals surface area (Å²) in [6.45, 7) is 4.29. The van der Waals surface area contributed by atoms with E-state index in [1.165, 1.54) is 12.0 Å². The van der Waals surface area contributed by atoms with E-state index < -0.39 is 0 Å². The van der Waals surface area contributed by atoms with E-state index in [0.717, 1.165) is 5.92 Å². The number of rotatable bonds is 1. The van der Waals surface area contributed by atoms with Crippen molar-refractivity contribution in [1.82, 2.24) is 0 Å². The van der Waals surface area contributed by atoms with Crippen LogP contribution in [0.5, 0.6) is 0 Å². The SMILES string of the molecule is CC=C(C)C1C=CC1. The molecule has 0 aromatic heterocycles. The predicted molar refractivity (Wildman–Crippen MR) is 36.7 cm³/mol. The van der Waals surface area contributed by atoms with Gasteiger partial charge < -0.3 is 0 Å². The lowest BCUT2D eigenvalue weighted by Gasteiger charge is -2.17. The van der Waals surface area contributed by atoms with Gasteiger partial charge in [0.1, 0.15) is 0 Å². The average Bonchev–Trinajstić information content (AvgIpc) is 1.62. The molecule has 0 saturated heterocycles. The molecule has 0 aromatic rings. The molecule has 1 rings (SSSR count). The van der Waals surface area contributed by atoms with Crippen molar-refractivity contribution in [2.24, 2.45) is 5.92 Å². The largest absolute Gasteiger partial charge is 0.0881 e. The molecule has 0 fully saturated rings. The van der Waals surface area contributed by atoms with Crippen LogP contribution in [0.3, 0.4) is 0 Å². The monoisotopic (exact) mass is 108 g/mol. The van der Waals surface area contributed by atoms with Gasteiger partial charge in [-0.15, -0.1) is 0 Å². The van der Waals surface area contributed by atoms with Gasteiger partial charge in [0.2, 0.25) is 0 Å². The summed E-state index contributed by atoms with van der Waals surface area (Å²) in [6.07, 6.45) is 7.93. The van der Waals surface area contributed by atoms with E-state index in [-0.39, 0.29) is 0 Å². The van der Waals surface area contributed by atoms with E-state index in [0.29, 0.717) is 0 Å². The molecule has 0 bridgehead atoms. The van der Waals surface area contributed by atoms with Crippen LogP contribution in [0.15, 0.2) is 23.8 Å². The zero-order valence-corrected chi connectivity index (χ0v) is 5.52. The summed E-state index contributed by atoms with van der Waals surface area (Å²) in [7, 11) is 0. The summed E-state index contributed by atoms with van der Waals surface area (Å²) >= 11 is 0. The van der Waals surface area contributed by atoms with E-state index in [9.17, 15) is 0 Å². The highest BCUT2D eigenvalue weighted by atomic mass is 14.1. The van der Waals surface area contributed by atoms with Crippen molar-refractivity contribution in [2.75, 3.05) is 0 Å². The zero-order chi connectivity index (χ0) is 5.98. The molecule has 0 aromatic carbocycles. The minimum atomic E-state index is 0.778. The molecular formula is C8H12. The van der Waals surface area contributed by atoms with Crippen LogP contribution in [0, 0.1) is 5.92 Å². The first-order valence-electron chi connectivity index (χ1n) is 3.14. The third-order valence-corrected chi connectivity index (χ3v) is 1.80. The Kier molecular flexibility index (Phi) is 1.52. The maximum absolute atomic E-state index is 2.26. The van der Waals surface area contributed by atoms with E-state index in [1.807, 2.05) is 0 Å². The lowest BCUT2D eigenvalue weighted by atomic mass is 9.88. The number of hydrogen-bond acceptors (Lipinski definition) is 0. The topological polar surface area (TPSA) is 0 Å². The van der Waals surface area contributed by atoms with Crippen molar-refractivity contribution >= 4 is 0 Å². The molecule has 44 valence electrons. The van der Waals surface area contributed by atoms with Crippen LogP contribution in [-0.4, -0.2) is 0 Å². The molecule has 0 spiro atoms. The molecule has 1 aliphatic rings. The summed E-state index contributed by atoms with van der Waals surface area (Å²) in [6, 6.07) is 0. The van der Waals surface area contributed by atoms with Gasteiger partial charge in [0.25, 0.3) is 0 Å². The van der Waals surface area contributed by atoms with Crippen molar-refractivity contribution in [2.45, 2.75) is 20.3 Å². The van der Waals surface area contributed by atoms with E-state index in [2.05, 4.69) is 32.1 Å². The molecule has 1 aliphatic carbocycles. The summed E-state index contributed by atoms with van der Waals surface area (Å²) in [5.41, 5.74) is 1.51. The summed E-state index contributed by atoms with van der Waals surface area (Å²) in [5, 5.41) is 0. The Hall–Kier alpha value is -0.520. The van der Waals surface area contributed by atoms with Crippen molar-refractivity contribution in [3.63, 3.8) is 0 Å². The van der Waals surface area contributed by atoms with Gasteiger partial charge in [0.05, 0.1) is 0 Å². The van der Waals surface area contributed by atoms with Crippen LogP contribution in [0.4, 0.5) is 0 Å². The lowest BCUT2D eigenvalue weighted by molar-refractivity contribution is 0.710. The van der Waals surface area contributed by atoms with Crippen LogP contribution < -0.4 is 0 Å². The first-order valence-corrected chi connectivity index (χ1v) is 3.14. The lowest BCUT2D eigenvalue weighted by Crippen LogP contribution is -2.03. The van der Waals surface area contributed by atoms with Crippen molar-refractivity contribution in [3.8, 4) is 0 Å². The second-order valence-corrected chi connectivity index (χ2v) is 2.30. The molecule has 0 heteroatoms. The fourth-order valence-electron chi connectivity index (χ4n) is 0.824. The molecule has 0 nitrogen and oxygen atoms in total. The Bertz CT molecular complexity index is 129. The first-order chi connectivity index (χ1) is 3.84. The zero-order valence-electron chi connectivity index (χ0n) is 5.52. The van der Waals surface area contributed by atoms with E-state index in [4.69, 9.17) is 0 Å². The number of allylic oxidation sites excluding steroid dienone is 4. The minimum absolute atomic E-state index is 0.778. The Labute approximate surface area is 50.9 Å². The molecular weight excluding hydrogens is 96.1 g/mol. The van der Waals surface area contributed by atoms with Gasteiger partial charge in [0, 0.05) is 5.92 Å². The quantitative estimate of drug-likeness (QED) is 0.453. The van der Waals surface area contributed by atoms with E-state index >= 15 is 0 Å². The predicted octanol–water partition coefficient (Wildman–Crippen LogP) is 2.53. The van der Waals surface area contributed by atoms with Crippen molar-refractivity contribution < 1.29 is 0 Å². The fraction of sp³-hybridized carbons (Fsp3) is 0.500. The molecule has 0 heterocycles. The molecule has 0 saturated carbocycles. The maximum Gasteiger partial charge on any atom is 0.000836 e. The normalized spacial score (nSPS) is 27.8. The van der Waals surface area contributed by atoms with Gasteiger partial charge in [-0.3, -0.25) is 0 Å². The fourth-order valence-corrected chi connectivity index (χ4v) is 0.824. The molecule has 0 radical (unpaired) electrons. The van der Waals surface area contributed by atoms with Gasteiger partial charge in [0.15, 0.2) is 0 Å². The average molecular weight is 108 g/mol. The third kappa shape index (κ3) is 0.835. The van der Waals surface area contributed by atoms with Gasteiger partial charge in [-0.05, 0) is 20.3 Å². The Balaban J connectivity index is 2.48. The highest BCUT2D eigenvalue weighted by molar-refractivity contribution is 5.18. The maximum atomic E-state index is 2.26. The molecule has 0 N–H and O–H groups in total. The van der Waals surface area contributed by atoms with Crippen LogP contribution in [0.2, 0.25) is 0 Å². The molecule has 1 unspecified atom stereocenters. The van der Waals surface area contributed by atoms with Gasteiger partial charge >= 0.3 is 0 Å². The summed E-state index contributed by atoms with van der Waals surface area (Å²) < 4.78 is 0. The second-order valence-electron chi connectivity index (χ2n) is 2.30. The van der Waals surface area contributed by atoms with Crippen LogP contribution >= 0.6 is 0 Å². The molecule has 0 aliphatic heterocycles. The van der Waals surface area contributed by atoms with Crippen molar-refractivity contribution in [3.05, 3.63) is 23.8 Å². The number of hydrogen-bond donors (Lipinski definition) is 0.